The second kappa shape index (κ2) is 4.54. The molecule has 2 aromatic rings. The standard InChI is InChI=1S/C14H16O2/c1-10(15)7-13-8-11-5-3-4-6-12(11)9-14(13)16-2/h3-6,8-10,15H,7H2,1-2H3. The fourth-order valence-corrected chi connectivity index (χ4v) is 1.93. The number of hydrogen-bond acceptors (Lipinski definition) is 2. The van der Waals surface area contributed by atoms with E-state index >= 15 is 0 Å². The summed E-state index contributed by atoms with van der Waals surface area (Å²) in [6.45, 7) is 1.79. The summed E-state index contributed by atoms with van der Waals surface area (Å²) in [7, 11) is 1.66. The number of ether oxygens (including phenoxy) is 1. The summed E-state index contributed by atoms with van der Waals surface area (Å²) in [5.74, 6) is 0.847. The molecule has 16 heavy (non-hydrogen) atoms. The van der Waals surface area contributed by atoms with Crippen LogP contribution < -0.4 is 4.74 Å². The van der Waals surface area contributed by atoms with E-state index in [1.807, 2.05) is 18.2 Å². The summed E-state index contributed by atoms with van der Waals surface area (Å²) in [6.07, 6.45) is 0.267. The molecule has 2 heteroatoms. The predicted molar refractivity (Wildman–Crippen MR) is 65.9 cm³/mol. The Morgan fingerprint density at radius 2 is 1.81 bits per heavy atom. The zero-order chi connectivity index (χ0) is 11.5. The molecule has 2 rings (SSSR count). The van der Waals surface area contributed by atoms with Crippen molar-refractivity contribution in [2.75, 3.05) is 7.11 Å². The topological polar surface area (TPSA) is 29.5 Å². The van der Waals surface area contributed by atoms with Gasteiger partial charge in [-0.25, -0.2) is 0 Å². The van der Waals surface area contributed by atoms with Crippen molar-refractivity contribution in [2.24, 2.45) is 0 Å². The maximum atomic E-state index is 9.44. The van der Waals surface area contributed by atoms with Crippen LogP contribution in [0.25, 0.3) is 10.8 Å². The largest absolute Gasteiger partial charge is 0.496 e. The lowest BCUT2D eigenvalue weighted by molar-refractivity contribution is 0.194. The van der Waals surface area contributed by atoms with Crippen LogP contribution in [0, 0.1) is 0 Å². The molecule has 0 aliphatic rings. The molecule has 0 radical (unpaired) electrons. The van der Waals surface area contributed by atoms with Gasteiger partial charge in [0.05, 0.1) is 13.2 Å². The highest BCUT2D eigenvalue weighted by Gasteiger charge is 2.07. The van der Waals surface area contributed by atoms with Crippen molar-refractivity contribution in [3.05, 3.63) is 42.0 Å². The number of rotatable bonds is 3. The maximum Gasteiger partial charge on any atom is 0.122 e. The molecule has 1 atom stereocenters. The minimum atomic E-state index is -0.352. The third-order valence-electron chi connectivity index (χ3n) is 2.66. The van der Waals surface area contributed by atoms with Gasteiger partial charge in [0.2, 0.25) is 0 Å². The molecule has 0 bridgehead atoms. The maximum absolute atomic E-state index is 9.44. The summed E-state index contributed by atoms with van der Waals surface area (Å²) < 4.78 is 5.34. The van der Waals surface area contributed by atoms with E-state index in [1.165, 1.54) is 5.39 Å². The Kier molecular flexibility index (Phi) is 3.11. The first-order valence-corrected chi connectivity index (χ1v) is 5.44. The molecular weight excluding hydrogens is 200 g/mol. The molecule has 0 amide bonds. The van der Waals surface area contributed by atoms with Crippen molar-refractivity contribution >= 4 is 10.8 Å². The number of methoxy groups -OCH3 is 1. The highest BCUT2D eigenvalue weighted by Crippen LogP contribution is 2.26. The van der Waals surface area contributed by atoms with E-state index in [0.29, 0.717) is 6.42 Å². The molecule has 0 spiro atoms. The van der Waals surface area contributed by atoms with Gasteiger partial charge in [-0.05, 0) is 35.4 Å². The molecule has 1 unspecified atom stereocenters. The molecule has 0 saturated heterocycles. The molecule has 84 valence electrons. The van der Waals surface area contributed by atoms with Gasteiger partial charge in [-0.3, -0.25) is 0 Å². The monoisotopic (exact) mass is 216 g/mol. The normalized spacial score (nSPS) is 12.7. The third kappa shape index (κ3) is 2.17. The van der Waals surface area contributed by atoms with E-state index in [-0.39, 0.29) is 6.10 Å². The van der Waals surface area contributed by atoms with Gasteiger partial charge in [-0.1, -0.05) is 24.3 Å². The Morgan fingerprint density at radius 1 is 1.19 bits per heavy atom. The Morgan fingerprint density at radius 3 is 2.38 bits per heavy atom. The van der Waals surface area contributed by atoms with Crippen LogP contribution in [0.3, 0.4) is 0 Å². The molecule has 0 aliphatic heterocycles. The summed E-state index contributed by atoms with van der Waals surface area (Å²) in [5.41, 5.74) is 1.05. The van der Waals surface area contributed by atoms with Crippen molar-refractivity contribution in [3.63, 3.8) is 0 Å². The SMILES string of the molecule is COc1cc2ccccc2cc1CC(C)O. The number of benzene rings is 2. The smallest absolute Gasteiger partial charge is 0.122 e. The van der Waals surface area contributed by atoms with E-state index in [1.54, 1.807) is 14.0 Å². The van der Waals surface area contributed by atoms with Gasteiger partial charge in [0.1, 0.15) is 5.75 Å². The highest BCUT2D eigenvalue weighted by molar-refractivity contribution is 5.85. The van der Waals surface area contributed by atoms with Gasteiger partial charge >= 0.3 is 0 Å². The van der Waals surface area contributed by atoms with E-state index in [0.717, 1.165) is 16.7 Å². The van der Waals surface area contributed by atoms with Crippen LogP contribution >= 0.6 is 0 Å². The van der Waals surface area contributed by atoms with Crippen molar-refractivity contribution < 1.29 is 9.84 Å². The predicted octanol–water partition coefficient (Wildman–Crippen LogP) is 2.77. The van der Waals surface area contributed by atoms with E-state index in [4.69, 9.17) is 4.74 Å². The molecule has 0 heterocycles. The summed E-state index contributed by atoms with van der Waals surface area (Å²) in [4.78, 5) is 0. The quantitative estimate of drug-likeness (QED) is 0.854. The van der Waals surface area contributed by atoms with Crippen LogP contribution in [0.4, 0.5) is 0 Å². The Bertz CT molecular complexity index is 489. The lowest BCUT2D eigenvalue weighted by Gasteiger charge is -2.11. The summed E-state index contributed by atoms with van der Waals surface area (Å²) in [6, 6.07) is 12.3. The minimum Gasteiger partial charge on any atom is -0.496 e. The van der Waals surface area contributed by atoms with Crippen molar-refractivity contribution in [2.45, 2.75) is 19.4 Å². The first-order valence-electron chi connectivity index (χ1n) is 5.44. The van der Waals surface area contributed by atoms with Gasteiger partial charge in [-0.15, -0.1) is 0 Å². The number of aliphatic hydroxyl groups excluding tert-OH is 1. The molecule has 2 aromatic carbocycles. The van der Waals surface area contributed by atoms with Crippen LogP contribution in [0.5, 0.6) is 5.75 Å². The van der Waals surface area contributed by atoms with Gasteiger partial charge in [0.15, 0.2) is 0 Å². The zero-order valence-corrected chi connectivity index (χ0v) is 9.60. The summed E-state index contributed by atoms with van der Waals surface area (Å²) >= 11 is 0. The lowest BCUT2D eigenvalue weighted by atomic mass is 10.0. The molecule has 0 fully saturated rings. The number of aliphatic hydroxyl groups is 1. The van der Waals surface area contributed by atoms with Crippen LogP contribution in [0.2, 0.25) is 0 Å². The van der Waals surface area contributed by atoms with Crippen LogP contribution in [-0.2, 0) is 6.42 Å². The third-order valence-corrected chi connectivity index (χ3v) is 2.66. The van der Waals surface area contributed by atoms with Crippen LogP contribution in [0.15, 0.2) is 36.4 Å². The average molecular weight is 216 g/mol. The number of hydrogen-bond donors (Lipinski definition) is 1. The Balaban J connectivity index is 2.53. The average Bonchev–Trinajstić information content (AvgIpc) is 2.27. The molecule has 0 saturated carbocycles. The minimum absolute atomic E-state index is 0.352. The lowest BCUT2D eigenvalue weighted by Crippen LogP contribution is -2.05. The van der Waals surface area contributed by atoms with Gasteiger partial charge < -0.3 is 9.84 Å². The molecule has 0 aromatic heterocycles. The van der Waals surface area contributed by atoms with Gasteiger partial charge in [-0.2, -0.15) is 0 Å². The molecule has 1 N–H and O–H groups in total. The summed E-state index contributed by atoms with van der Waals surface area (Å²) in [5, 5.41) is 11.8. The first-order chi connectivity index (χ1) is 7.70. The van der Waals surface area contributed by atoms with E-state index in [2.05, 4.69) is 18.2 Å². The van der Waals surface area contributed by atoms with Crippen molar-refractivity contribution in [1.82, 2.24) is 0 Å². The Hall–Kier alpha value is -1.54. The molecule has 2 nitrogen and oxygen atoms in total. The second-order valence-electron chi connectivity index (χ2n) is 4.06. The van der Waals surface area contributed by atoms with Gasteiger partial charge in [0, 0.05) is 6.42 Å². The van der Waals surface area contributed by atoms with E-state index in [9.17, 15) is 5.11 Å². The molecular formula is C14H16O2. The molecule has 0 aliphatic carbocycles. The first kappa shape index (κ1) is 11.0. The van der Waals surface area contributed by atoms with Crippen molar-refractivity contribution in [3.8, 4) is 5.75 Å². The second-order valence-corrected chi connectivity index (χ2v) is 4.06. The van der Waals surface area contributed by atoms with E-state index < -0.39 is 0 Å². The fourth-order valence-electron chi connectivity index (χ4n) is 1.93. The van der Waals surface area contributed by atoms with Gasteiger partial charge in [0.25, 0.3) is 0 Å². The highest BCUT2D eigenvalue weighted by atomic mass is 16.5. The fraction of sp³-hybridized carbons (Fsp3) is 0.286. The zero-order valence-electron chi connectivity index (χ0n) is 9.60. The van der Waals surface area contributed by atoms with Crippen molar-refractivity contribution in [1.29, 1.82) is 0 Å². The van der Waals surface area contributed by atoms with Crippen LogP contribution in [-0.4, -0.2) is 18.3 Å². The van der Waals surface area contributed by atoms with Crippen LogP contribution in [0.1, 0.15) is 12.5 Å². The number of fused-ring (bicyclic) bond motifs is 1. The Labute approximate surface area is 95.5 Å².